The van der Waals surface area contributed by atoms with Crippen LogP contribution in [-0.4, -0.2) is 17.0 Å². The smallest absolute Gasteiger partial charge is 0.266 e. The Hall–Kier alpha value is -2.37. The van der Waals surface area contributed by atoms with Gasteiger partial charge in [0.1, 0.15) is 5.75 Å². The van der Waals surface area contributed by atoms with Crippen LogP contribution in [0.25, 0.3) is 11.3 Å². The first-order valence-corrected chi connectivity index (χ1v) is 9.44. The Balaban J connectivity index is 1.67. The molecule has 3 rings (SSSR count). The number of carbonyl (C=O) groups is 1. The molecular formula is C20H19ClN2O2S. The van der Waals surface area contributed by atoms with E-state index >= 15 is 0 Å². The lowest BCUT2D eigenvalue weighted by molar-refractivity contribution is -0.122. The number of aromatic nitrogens is 1. The lowest BCUT2D eigenvalue weighted by Crippen LogP contribution is -2.30. The quantitative estimate of drug-likeness (QED) is 0.631. The molecule has 0 aliphatic carbocycles. The first kappa shape index (κ1) is 18.4. The monoisotopic (exact) mass is 386 g/mol. The minimum atomic E-state index is -0.649. The number of benzene rings is 2. The van der Waals surface area contributed by atoms with Crippen molar-refractivity contribution < 1.29 is 9.53 Å². The van der Waals surface area contributed by atoms with Gasteiger partial charge in [-0.3, -0.25) is 10.1 Å². The van der Waals surface area contributed by atoms with Crippen molar-refractivity contribution in [2.75, 3.05) is 5.32 Å². The molecule has 1 atom stereocenters. The van der Waals surface area contributed by atoms with Crippen molar-refractivity contribution in [3.8, 4) is 17.0 Å². The molecule has 0 saturated heterocycles. The molecule has 1 aromatic heterocycles. The Bertz CT molecular complexity index is 922. The second kappa shape index (κ2) is 7.89. The molecule has 1 N–H and O–H groups in total. The third kappa shape index (κ3) is 4.42. The maximum Gasteiger partial charge on any atom is 0.266 e. The van der Waals surface area contributed by atoms with Gasteiger partial charge in [0.25, 0.3) is 5.91 Å². The Kier molecular flexibility index (Phi) is 5.59. The van der Waals surface area contributed by atoms with E-state index in [0.717, 1.165) is 16.8 Å². The summed E-state index contributed by atoms with van der Waals surface area (Å²) in [5, 5.41) is 5.94. The topological polar surface area (TPSA) is 51.2 Å². The lowest BCUT2D eigenvalue weighted by atomic mass is 10.0. The molecule has 2 aromatic carbocycles. The molecular weight excluding hydrogens is 368 g/mol. The molecule has 0 aliphatic rings. The summed E-state index contributed by atoms with van der Waals surface area (Å²) in [4.78, 5) is 16.9. The summed E-state index contributed by atoms with van der Waals surface area (Å²) in [5.74, 6) is 0.342. The number of aryl methyl sites for hydroxylation is 2. The molecule has 0 fully saturated rings. The Morgan fingerprint density at radius 2 is 1.92 bits per heavy atom. The van der Waals surface area contributed by atoms with E-state index in [2.05, 4.69) is 35.4 Å². The van der Waals surface area contributed by atoms with Crippen molar-refractivity contribution in [3.05, 3.63) is 64.0 Å². The normalized spacial score (nSPS) is 11.8. The number of hydrogen-bond acceptors (Lipinski definition) is 4. The third-order valence-corrected chi connectivity index (χ3v) is 4.91. The van der Waals surface area contributed by atoms with Crippen molar-refractivity contribution in [2.45, 2.75) is 26.9 Å². The van der Waals surface area contributed by atoms with Crippen molar-refractivity contribution in [1.29, 1.82) is 0 Å². The van der Waals surface area contributed by atoms with Crippen molar-refractivity contribution in [3.63, 3.8) is 0 Å². The zero-order valence-corrected chi connectivity index (χ0v) is 16.3. The Morgan fingerprint density at radius 1 is 1.19 bits per heavy atom. The van der Waals surface area contributed by atoms with Gasteiger partial charge in [-0.05, 0) is 56.7 Å². The van der Waals surface area contributed by atoms with Gasteiger partial charge in [-0.15, -0.1) is 11.3 Å². The highest BCUT2D eigenvalue weighted by molar-refractivity contribution is 7.14. The van der Waals surface area contributed by atoms with E-state index in [0.29, 0.717) is 15.9 Å². The average molecular weight is 387 g/mol. The van der Waals surface area contributed by atoms with Gasteiger partial charge < -0.3 is 4.74 Å². The minimum Gasteiger partial charge on any atom is -0.481 e. The van der Waals surface area contributed by atoms with Gasteiger partial charge in [0, 0.05) is 16.0 Å². The van der Waals surface area contributed by atoms with E-state index in [9.17, 15) is 4.79 Å². The molecule has 0 aliphatic heterocycles. The SMILES string of the molecule is Cc1ccc(C)c(-c2csc(NC(=O)[C@@H](C)Oc3ccc(Cl)cc3)n2)c1. The molecule has 0 saturated carbocycles. The number of anilines is 1. The van der Waals surface area contributed by atoms with Crippen LogP contribution >= 0.6 is 22.9 Å². The van der Waals surface area contributed by atoms with E-state index in [1.165, 1.54) is 16.9 Å². The number of amides is 1. The summed E-state index contributed by atoms with van der Waals surface area (Å²) >= 11 is 7.25. The fourth-order valence-electron chi connectivity index (χ4n) is 2.44. The fraction of sp³-hybridized carbons (Fsp3) is 0.200. The van der Waals surface area contributed by atoms with Gasteiger partial charge in [-0.1, -0.05) is 29.3 Å². The number of hydrogen-bond donors (Lipinski definition) is 1. The van der Waals surface area contributed by atoms with Crippen LogP contribution in [0.2, 0.25) is 5.02 Å². The number of nitrogens with one attached hydrogen (secondary N) is 1. The second-order valence-electron chi connectivity index (χ2n) is 6.06. The number of nitrogens with zero attached hydrogens (tertiary/aromatic N) is 1. The maximum atomic E-state index is 12.4. The van der Waals surface area contributed by atoms with Crippen LogP contribution in [-0.2, 0) is 4.79 Å². The van der Waals surface area contributed by atoms with Gasteiger partial charge >= 0.3 is 0 Å². The number of rotatable bonds is 5. The molecule has 0 radical (unpaired) electrons. The summed E-state index contributed by atoms with van der Waals surface area (Å²) in [6.07, 6.45) is -0.649. The predicted octanol–water partition coefficient (Wildman–Crippen LogP) is 5.49. The average Bonchev–Trinajstić information content (AvgIpc) is 3.07. The molecule has 1 amide bonds. The molecule has 3 aromatic rings. The zero-order valence-electron chi connectivity index (χ0n) is 14.7. The second-order valence-corrected chi connectivity index (χ2v) is 7.35. The first-order chi connectivity index (χ1) is 12.4. The van der Waals surface area contributed by atoms with E-state index in [4.69, 9.17) is 16.3 Å². The summed E-state index contributed by atoms with van der Waals surface area (Å²) in [5.41, 5.74) is 4.26. The number of thiazole rings is 1. The van der Waals surface area contributed by atoms with E-state index in [-0.39, 0.29) is 5.91 Å². The summed E-state index contributed by atoms with van der Waals surface area (Å²) in [7, 11) is 0. The van der Waals surface area contributed by atoms with Crippen LogP contribution in [0, 0.1) is 13.8 Å². The van der Waals surface area contributed by atoms with Crippen LogP contribution < -0.4 is 10.1 Å². The van der Waals surface area contributed by atoms with Crippen LogP contribution in [0.4, 0.5) is 5.13 Å². The van der Waals surface area contributed by atoms with Gasteiger partial charge in [-0.2, -0.15) is 0 Å². The van der Waals surface area contributed by atoms with Crippen LogP contribution in [0.3, 0.4) is 0 Å². The van der Waals surface area contributed by atoms with Gasteiger partial charge in [0.05, 0.1) is 5.69 Å². The standard InChI is InChI=1S/C20H19ClN2O2S/c1-12-4-5-13(2)17(10-12)18-11-26-20(22-18)23-19(24)14(3)25-16-8-6-15(21)7-9-16/h4-11,14H,1-3H3,(H,22,23,24)/t14-/m1/s1. The molecule has 134 valence electrons. The Labute approximate surface area is 161 Å². The largest absolute Gasteiger partial charge is 0.481 e. The molecule has 0 bridgehead atoms. The van der Waals surface area contributed by atoms with E-state index in [1.54, 1.807) is 31.2 Å². The zero-order chi connectivity index (χ0) is 18.7. The van der Waals surface area contributed by atoms with Crippen molar-refractivity contribution in [2.24, 2.45) is 0 Å². The number of carbonyl (C=O) groups excluding carboxylic acids is 1. The highest BCUT2D eigenvalue weighted by Gasteiger charge is 2.17. The first-order valence-electron chi connectivity index (χ1n) is 8.18. The summed E-state index contributed by atoms with van der Waals surface area (Å²) < 4.78 is 5.64. The van der Waals surface area contributed by atoms with E-state index < -0.39 is 6.10 Å². The highest BCUT2D eigenvalue weighted by Crippen LogP contribution is 2.28. The predicted molar refractivity (Wildman–Crippen MR) is 107 cm³/mol. The third-order valence-electron chi connectivity index (χ3n) is 3.90. The molecule has 26 heavy (non-hydrogen) atoms. The highest BCUT2D eigenvalue weighted by atomic mass is 35.5. The van der Waals surface area contributed by atoms with Gasteiger partial charge in [0.15, 0.2) is 11.2 Å². The minimum absolute atomic E-state index is 0.248. The van der Waals surface area contributed by atoms with Crippen LogP contribution in [0.15, 0.2) is 47.8 Å². The number of halogens is 1. The van der Waals surface area contributed by atoms with Crippen LogP contribution in [0.1, 0.15) is 18.1 Å². The van der Waals surface area contributed by atoms with Crippen molar-refractivity contribution >= 4 is 34.0 Å². The summed E-state index contributed by atoms with van der Waals surface area (Å²) in [6.45, 7) is 5.80. The molecule has 1 heterocycles. The number of ether oxygens (including phenoxy) is 1. The molecule has 0 unspecified atom stereocenters. The maximum absolute atomic E-state index is 12.4. The molecule has 6 heteroatoms. The van der Waals surface area contributed by atoms with Gasteiger partial charge in [0.2, 0.25) is 0 Å². The van der Waals surface area contributed by atoms with E-state index in [1.807, 2.05) is 12.3 Å². The molecule has 4 nitrogen and oxygen atoms in total. The summed E-state index contributed by atoms with van der Waals surface area (Å²) in [6, 6.07) is 13.1. The van der Waals surface area contributed by atoms with Crippen molar-refractivity contribution in [1.82, 2.24) is 4.98 Å². The lowest BCUT2D eigenvalue weighted by Gasteiger charge is -2.13. The Morgan fingerprint density at radius 3 is 2.65 bits per heavy atom. The van der Waals surface area contributed by atoms with Crippen LogP contribution in [0.5, 0.6) is 5.75 Å². The molecule has 0 spiro atoms. The fourth-order valence-corrected chi connectivity index (χ4v) is 3.28. The van der Waals surface area contributed by atoms with Gasteiger partial charge in [-0.25, -0.2) is 4.98 Å².